The first-order valence-corrected chi connectivity index (χ1v) is 6.18. The van der Waals surface area contributed by atoms with Crippen LogP contribution in [-0.2, 0) is 6.54 Å². The van der Waals surface area contributed by atoms with Crippen molar-refractivity contribution in [2.75, 3.05) is 12.3 Å². The fraction of sp³-hybridized carbons (Fsp3) is 0.267. The number of benzene rings is 1. The molecule has 0 atom stereocenters. The lowest BCUT2D eigenvalue weighted by atomic mass is 10.3. The molecular formula is C15H19N2O+. The number of anilines is 1. The summed E-state index contributed by atoms with van der Waals surface area (Å²) >= 11 is 0. The van der Waals surface area contributed by atoms with Crippen molar-refractivity contribution in [3.63, 3.8) is 0 Å². The minimum Gasteiger partial charge on any atom is -0.493 e. The maximum Gasteiger partial charge on any atom is 0.169 e. The quantitative estimate of drug-likeness (QED) is 0.497. The highest BCUT2D eigenvalue weighted by atomic mass is 16.5. The third-order valence-electron chi connectivity index (χ3n) is 2.77. The first kappa shape index (κ1) is 12.4. The lowest BCUT2D eigenvalue weighted by Crippen LogP contribution is -2.33. The number of hydrogen-bond donors (Lipinski definition) is 1. The highest BCUT2D eigenvalue weighted by molar-refractivity contribution is 5.41. The summed E-state index contributed by atoms with van der Waals surface area (Å²) in [5.41, 5.74) is 7.65. The molecule has 0 spiro atoms. The Bertz CT molecular complexity index is 429. The number of aromatic nitrogens is 1. The van der Waals surface area contributed by atoms with E-state index in [9.17, 15) is 0 Å². The van der Waals surface area contributed by atoms with E-state index in [0.29, 0.717) is 6.61 Å². The summed E-state index contributed by atoms with van der Waals surface area (Å²) in [5.74, 6) is 0.873. The van der Waals surface area contributed by atoms with Gasteiger partial charge in [0.1, 0.15) is 5.75 Å². The van der Waals surface area contributed by atoms with Crippen LogP contribution >= 0.6 is 0 Å². The van der Waals surface area contributed by atoms with E-state index >= 15 is 0 Å². The molecule has 0 unspecified atom stereocenters. The van der Waals surface area contributed by atoms with Crippen molar-refractivity contribution >= 4 is 5.69 Å². The molecule has 0 saturated heterocycles. The minimum atomic E-state index is 0.713. The first-order chi connectivity index (χ1) is 8.74. The molecule has 1 aromatic carbocycles. The number of pyridine rings is 1. The largest absolute Gasteiger partial charge is 0.493 e. The molecule has 0 aliphatic heterocycles. The van der Waals surface area contributed by atoms with Gasteiger partial charge in [-0.05, 0) is 36.8 Å². The molecule has 94 valence electrons. The zero-order chi connectivity index (χ0) is 12.8. The van der Waals surface area contributed by atoms with Gasteiger partial charge >= 0.3 is 0 Å². The Hall–Kier alpha value is -2.03. The van der Waals surface area contributed by atoms with Gasteiger partial charge in [-0.15, -0.1) is 0 Å². The zero-order valence-corrected chi connectivity index (χ0v) is 10.7. The fourth-order valence-corrected chi connectivity index (χ4v) is 1.68. The van der Waals surface area contributed by atoms with Crippen molar-refractivity contribution in [2.24, 2.45) is 0 Å². The summed E-state index contributed by atoms with van der Waals surface area (Å²) in [6, 6.07) is 11.7. The van der Waals surface area contributed by atoms with Gasteiger partial charge in [0, 0.05) is 24.2 Å². The molecule has 2 N–H and O–H groups in total. The third kappa shape index (κ3) is 3.77. The number of nitrogens with zero attached hydrogens (tertiary/aromatic N) is 1. The molecule has 0 radical (unpaired) electrons. The maximum atomic E-state index is 5.64. The normalized spacial score (nSPS) is 10.3. The van der Waals surface area contributed by atoms with Crippen molar-refractivity contribution < 1.29 is 9.30 Å². The average molecular weight is 243 g/mol. The van der Waals surface area contributed by atoms with E-state index in [1.807, 2.05) is 24.3 Å². The first-order valence-electron chi connectivity index (χ1n) is 6.18. The number of nitrogen functional groups attached to an aromatic ring is 1. The van der Waals surface area contributed by atoms with Crippen molar-refractivity contribution in [1.29, 1.82) is 0 Å². The van der Waals surface area contributed by atoms with E-state index in [-0.39, 0.29) is 0 Å². The van der Waals surface area contributed by atoms with E-state index in [1.165, 1.54) is 5.56 Å². The summed E-state index contributed by atoms with van der Waals surface area (Å²) in [5, 5.41) is 0. The van der Waals surface area contributed by atoms with Gasteiger partial charge in [0.25, 0.3) is 0 Å². The molecule has 0 bridgehead atoms. The molecule has 0 saturated carbocycles. The number of aryl methyl sites for hydroxylation is 2. The highest BCUT2D eigenvalue weighted by Crippen LogP contribution is 2.12. The third-order valence-corrected chi connectivity index (χ3v) is 2.77. The summed E-state index contributed by atoms with van der Waals surface area (Å²) < 4.78 is 7.80. The van der Waals surface area contributed by atoms with Crippen molar-refractivity contribution in [1.82, 2.24) is 0 Å². The fourth-order valence-electron chi connectivity index (χ4n) is 1.68. The topological polar surface area (TPSA) is 39.1 Å². The van der Waals surface area contributed by atoms with Crippen LogP contribution in [0.3, 0.4) is 0 Å². The minimum absolute atomic E-state index is 0.713. The molecule has 18 heavy (non-hydrogen) atoms. The second-order valence-electron chi connectivity index (χ2n) is 4.38. The smallest absolute Gasteiger partial charge is 0.169 e. The van der Waals surface area contributed by atoms with Gasteiger partial charge in [-0.3, -0.25) is 0 Å². The molecule has 3 nitrogen and oxygen atoms in total. The lowest BCUT2D eigenvalue weighted by molar-refractivity contribution is -0.697. The summed E-state index contributed by atoms with van der Waals surface area (Å²) in [7, 11) is 0. The molecule has 1 heterocycles. The van der Waals surface area contributed by atoms with Crippen molar-refractivity contribution in [2.45, 2.75) is 19.9 Å². The van der Waals surface area contributed by atoms with E-state index in [1.54, 1.807) is 0 Å². The Morgan fingerprint density at radius 1 is 1.06 bits per heavy atom. The van der Waals surface area contributed by atoms with Gasteiger partial charge in [0.2, 0.25) is 0 Å². The van der Waals surface area contributed by atoms with E-state index in [0.717, 1.165) is 24.4 Å². The molecule has 0 fully saturated rings. The Labute approximate surface area is 108 Å². The monoisotopic (exact) mass is 243 g/mol. The Balaban J connectivity index is 1.73. The number of nitrogens with two attached hydrogens (primary N) is 1. The Kier molecular flexibility index (Phi) is 4.18. The van der Waals surface area contributed by atoms with Crippen LogP contribution in [0.2, 0.25) is 0 Å². The van der Waals surface area contributed by atoms with Gasteiger partial charge in [0.15, 0.2) is 18.9 Å². The van der Waals surface area contributed by atoms with E-state index in [2.05, 4.69) is 36.0 Å². The molecular weight excluding hydrogens is 224 g/mol. The van der Waals surface area contributed by atoms with Gasteiger partial charge in [-0.2, -0.15) is 0 Å². The Morgan fingerprint density at radius 3 is 2.39 bits per heavy atom. The summed E-state index contributed by atoms with van der Waals surface area (Å²) in [6.07, 6.45) is 5.18. The maximum absolute atomic E-state index is 5.64. The standard InChI is InChI=1S/C15H19N2O/c1-13-7-10-17(11-8-13)9-2-12-18-15-5-3-14(16)4-6-15/h3-8,10-11H,2,9,12,16H2,1H3/q+1. The zero-order valence-electron chi connectivity index (χ0n) is 10.7. The van der Waals surface area contributed by atoms with E-state index in [4.69, 9.17) is 10.5 Å². The molecule has 0 amide bonds. The van der Waals surface area contributed by atoms with E-state index < -0.39 is 0 Å². The number of ether oxygens (including phenoxy) is 1. The van der Waals surface area contributed by atoms with Crippen LogP contribution < -0.4 is 15.0 Å². The summed E-state index contributed by atoms with van der Waals surface area (Å²) in [4.78, 5) is 0. The van der Waals surface area contributed by atoms with Crippen LogP contribution in [0.1, 0.15) is 12.0 Å². The average Bonchev–Trinajstić information content (AvgIpc) is 2.39. The van der Waals surface area contributed by atoms with Gasteiger partial charge in [-0.25, -0.2) is 4.57 Å². The molecule has 2 rings (SSSR count). The summed E-state index contributed by atoms with van der Waals surface area (Å²) in [6.45, 7) is 3.77. The Morgan fingerprint density at radius 2 is 1.72 bits per heavy atom. The second kappa shape index (κ2) is 6.05. The van der Waals surface area contributed by atoms with Gasteiger partial charge < -0.3 is 10.5 Å². The molecule has 2 aromatic rings. The van der Waals surface area contributed by atoms with Crippen LogP contribution in [0.15, 0.2) is 48.8 Å². The number of rotatable bonds is 5. The molecule has 0 aliphatic carbocycles. The predicted octanol–water partition coefficient (Wildman–Crippen LogP) is 2.33. The highest BCUT2D eigenvalue weighted by Gasteiger charge is 2.00. The molecule has 3 heteroatoms. The molecule has 1 aromatic heterocycles. The van der Waals surface area contributed by atoms with Crippen LogP contribution in [-0.4, -0.2) is 6.61 Å². The number of hydrogen-bond acceptors (Lipinski definition) is 2. The van der Waals surface area contributed by atoms with Gasteiger partial charge in [-0.1, -0.05) is 0 Å². The lowest BCUT2D eigenvalue weighted by Gasteiger charge is -2.04. The SMILES string of the molecule is Cc1cc[n+](CCCOc2ccc(N)cc2)cc1. The van der Waals surface area contributed by atoms with Crippen molar-refractivity contribution in [3.8, 4) is 5.75 Å². The predicted molar refractivity (Wildman–Crippen MR) is 72.3 cm³/mol. The van der Waals surface area contributed by atoms with Crippen LogP contribution in [0, 0.1) is 6.92 Å². The molecule has 0 aliphatic rings. The van der Waals surface area contributed by atoms with Gasteiger partial charge in [0.05, 0.1) is 6.61 Å². The van der Waals surface area contributed by atoms with Crippen LogP contribution in [0.5, 0.6) is 5.75 Å². The van der Waals surface area contributed by atoms with Crippen LogP contribution in [0.4, 0.5) is 5.69 Å². The van der Waals surface area contributed by atoms with Crippen molar-refractivity contribution in [3.05, 3.63) is 54.4 Å². The second-order valence-corrected chi connectivity index (χ2v) is 4.38. The van der Waals surface area contributed by atoms with Crippen LogP contribution in [0.25, 0.3) is 0 Å².